The van der Waals surface area contributed by atoms with E-state index in [1.807, 2.05) is 0 Å². The number of allylic oxidation sites excluding steroid dienone is 2. The summed E-state index contributed by atoms with van der Waals surface area (Å²) < 4.78 is 0. The predicted octanol–water partition coefficient (Wildman–Crippen LogP) is 0.843. The maximum atomic E-state index is 10.9. The second-order valence-electron chi connectivity index (χ2n) is 3.02. The van der Waals surface area contributed by atoms with E-state index in [2.05, 4.69) is 5.32 Å². The third-order valence-electron chi connectivity index (χ3n) is 2.32. The summed E-state index contributed by atoms with van der Waals surface area (Å²) in [5, 5.41) is 3.23. The smallest absolute Gasteiger partial charge is 0.157 e. The molecule has 1 aliphatic heterocycles. The first kappa shape index (κ1) is 5.96. The number of nitrogens with one attached hydrogen (secondary N) is 1. The Morgan fingerprint density at radius 3 is 3.30 bits per heavy atom. The zero-order valence-corrected chi connectivity index (χ0v) is 5.89. The minimum atomic E-state index is 0.292. The van der Waals surface area contributed by atoms with E-state index in [4.69, 9.17) is 0 Å². The highest BCUT2D eigenvalue weighted by Crippen LogP contribution is 2.27. The van der Waals surface area contributed by atoms with Gasteiger partial charge in [-0.3, -0.25) is 4.79 Å². The molecular weight excluding hydrogens is 126 g/mol. The first-order valence-electron chi connectivity index (χ1n) is 3.84. The van der Waals surface area contributed by atoms with E-state index in [-0.39, 0.29) is 0 Å². The van der Waals surface area contributed by atoms with Crippen LogP contribution in [0.1, 0.15) is 19.3 Å². The lowest BCUT2D eigenvalue weighted by molar-refractivity contribution is -0.115. The second-order valence-corrected chi connectivity index (χ2v) is 3.02. The van der Waals surface area contributed by atoms with Gasteiger partial charge in [0.25, 0.3) is 0 Å². The minimum absolute atomic E-state index is 0.292. The molecule has 2 heteroatoms. The number of hydrogen-bond acceptors (Lipinski definition) is 2. The zero-order chi connectivity index (χ0) is 6.97. The number of rotatable bonds is 0. The van der Waals surface area contributed by atoms with Gasteiger partial charge in [0.05, 0.1) is 0 Å². The Bertz CT molecular complexity index is 195. The van der Waals surface area contributed by atoms with Crippen molar-refractivity contribution in [1.29, 1.82) is 0 Å². The second kappa shape index (κ2) is 2.11. The van der Waals surface area contributed by atoms with Crippen molar-refractivity contribution >= 4 is 5.78 Å². The van der Waals surface area contributed by atoms with Crippen LogP contribution in [0, 0.1) is 5.92 Å². The van der Waals surface area contributed by atoms with Gasteiger partial charge in [0.15, 0.2) is 5.78 Å². The molecule has 1 N–H and O–H groups in total. The molecule has 1 aliphatic carbocycles. The number of carbonyl (C=O) groups excluding carboxylic acids is 1. The molecule has 0 saturated carbocycles. The summed E-state index contributed by atoms with van der Waals surface area (Å²) in [6.07, 6.45) is 4.83. The molecular formula is C8H11NO. The first-order chi connectivity index (χ1) is 4.86. The van der Waals surface area contributed by atoms with Crippen molar-refractivity contribution in [2.75, 3.05) is 6.54 Å². The molecule has 0 aromatic heterocycles. The van der Waals surface area contributed by atoms with Gasteiger partial charge in [0, 0.05) is 30.7 Å². The molecule has 0 amide bonds. The van der Waals surface area contributed by atoms with Gasteiger partial charge in [-0.1, -0.05) is 0 Å². The van der Waals surface area contributed by atoms with Crippen molar-refractivity contribution in [2.45, 2.75) is 19.3 Å². The van der Waals surface area contributed by atoms with Gasteiger partial charge >= 0.3 is 0 Å². The molecule has 2 rings (SSSR count). The van der Waals surface area contributed by atoms with Gasteiger partial charge in [-0.2, -0.15) is 0 Å². The molecule has 1 heterocycles. The van der Waals surface area contributed by atoms with E-state index in [1.54, 1.807) is 6.08 Å². The van der Waals surface area contributed by atoms with Crippen LogP contribution in [0.4, 0.5) is 0 Å². The molecule has 1 unspecified atom stereocenters. The van der Waals surface area contributed by atoms with Crippen LogP contribution in [-0.2, 0) is 4.79 Å². The van der Waals surface area contributed by atoms with Gasteiger partial charge in [-0.05, 0) is 12.8 Å². The summed E-state index contributed by atoms with van der Waals surface area (Å²) in [5.41, 5.74) is 1.19. The summed E-state index contributed by atoms with van der Waals surface area (Å²) in [7, 11) is 0. The molecule has 2 aliphatic rings. The minimum Gasteiger partial charge on any atom is -0.388 e. The molecule has 1 fully saturated rings. The van der Waals surface area contributed by atoms with Crippen LogP contribution in [0.15, 0.2) is 11.8 Å². The lowest BCUT2D eigenvalue weighted by atomic mass is 9.92. The summed E-state index contributed by atoms with van der Waals surface area (Å²) in [6.45, 7) is 1.06. The monoisotopic (exact) mass is 137 g/mol. The lowest BCUT2D eigenvalue weighted by Gasteiger charge is -2.14. The topological polar surface area (TPSA) is 29.1 Å². The number of carbonyl (C=O) groups is 1. The Hall–Kier alpha value is -0.790. The van der Waals surface area contributed by atoms with Crippen LogP contribution < -0.4 is 5.32 Å². The summed E-state index contributed by atoms with van der Waals surface area (Å²) in [6, 6.07) is 0. The van der Waals surface area contributed by atoms with Gasteiger partial charge in [-0.25, -0.2) is 0 Å². The molecule has 54 valence electrons. The SMILES string of the molecule is O=C1C=C2NCCC2CC1. The average Bonchev–Trinajstić information content (AvgIpc) is 2.33. The summed E-state index contributed by atoms with van der Waals surface area (Å²) in [5.74, 6) is 0.971. The van der Waals surface area contributed by atoms with Crippen LogP contribution in [0.2, 0.25) is 0 Å². The fourth-order valence-electron chi connectivity index (χ4n) is 1.72. The van der Waals surface area contributed by atoms with Crippen LogP contribution >= 0.6 is 0 Å². The van der Waals surface area contributed by atoms with Crippen molar-refractivity contribution in [1.82, 2.24) is 5.32 Å². The Balaban J connectivity index is 2.23. The summed E-state index contributed by atoms with van der Waals surface area (Å²) in [4.78, 5) is 10.9. The molecule has 2 nitrogen and oxygen atoms in total. The molecule has 0 aromatic rings. The van der Waals surface area contributed by atoms with Crippen molar-refractivity contribution in [3.63, 3.8) is 0 Å². The van der Waals surface area contributed by atoms with Crippen LogP contribution in [0.25, 0.3) is 0 Å². The van der Waals surface area contributed by atoms with E-state index < -0.39 is 0 Å². The molecule has 0 radical (unpaired) electrons. The van der Waals surface area contributed by atoms with Crippen molar-refractivity contribution in [3.8, 4) is 0 Å². The van der Waals surface area contributed by atoms with Crippen LogP contribution in [0.5, 0.6) is 0 Å². The standard InChI is InChI=1S/C8H11NO/c10-7-2-1-6-3-4-9-8(6)5-7/h5-6,9H,1-4H2. The van der Waals surface area contributed by atoms with Gasteiger partial charge < -0.3 is 5.32 Å². The molecule has 1 atom stereocenters. The number of ketones is 1. The third-order valence-corrected chi connectivity index (χ3v) is 2.32. The highest BCUT2D eigenvalue weighted by atomic mass is 16.1. The van der Waals surface area contributed by atoms with Gasteiger partial charge in [0.2, 0.25) is 0 Å². The normalized spacial score (nSPS) is 31.0. The highest BCUT2D eigenvalue weighted by Gasteiger charge is 2.24. The molecule has 10 heavy (non-hydrogen) atoms. The van der Waals surface area contributed by atoms with E-state index in [1.165, 1.54) is 12.1 Å². The zero-order valence-electron chi connectivity index (χ0n) is 5.89. The van der Waals surface area contributed by atoms with Crippen molar-refractivity contribution in [2.24, 2.45) is 5.92 Å². The predicted molar refractivity (Wildman–Crippen MR) is 38.4 cm³/mol. The first-order valence-corrected chi connectivity index (χ1v) is 3.84. The highest BCUT2D eigenvalue weighted by molar-refractivity contribution is 5.91. The number of fused-ring (bicyclic) bond motifs is 1. The molecule has 0 bridgehead atoms. The Labute approximate surface area is 60.3 Å². The number of hydrogen-bond donors (Lipinski definition) is 1. The Morgan fingerprint density at radius 2 is 2.40 bits per heavy atom. The fraction of sp³-hybridized carbons (Fsp3) is 0.625. The lowest BCUT2D eigenvalue weighted by Crippen LogP contribution is -2.14. The van der Waals surface area contributed by atoms with Crippen molar-refractivity contribution < 1.29 is 4.79 Å². The average molecular weight is 137 g/mol. The van der Waals surface area contributed by atoms with E-state index >= 15 is 0 Å². The quantitative estimate of drug-likeness (QED) is 0.536. The van der Waals surface area contributed by atoms with Crippen LogP contribution in [0.3, 0.4) is 0 Å². The third kappa shape index (κ3) is 0.838. The fourth-order valence-corrected chi connectivity index (χ4v) is 1.72. The molecule has 1 saturated heterocycles. The van der Waals surface area contributed by atoms with E-state index in [0.29, 0.717) is 11.7 Å². The Morgan fingerprint density at radius 1 is 1.50 bits per heavy atom. The molecule has 0 aromatic carbocycles. The van der Waals surface area contributed by atoms with Crippen LogP contribution in [-0.4, -0.2) is 12.3 Å². The van der Waals surface area contributed by atoms with Gasteiger partial charge in [0.1, 0.15) is 0 Å². The Kier molecular flexibility index (Phi) is 1.26. The van der Waals surface area contributed by atoms with E-state index in [9.17, 15) is 4.79 Å². The van der Waals surface area contributed by atoms with E-state index in [0.717, 1.165) is 19.4 Å². The molecule has 0 spiro atoms. The van der Waals surface area contributed by atoms with Gasteiger partial charge in [-0.15, -0.1) is 0 Å². The maximum Gasteiger partial charge on any atom is 0.157 e. The largest absolute Gasteiger partial charge is 0.388 e. The van der Waals surface area contributed by atoms with Crippen molar-refractivity contribution in [3.05, 3.63) is 11.8 Å². The summed E-state index contributed by atoms with van der Waals surface area (Å²) >= 11 is 0. The maximum absolute atomic E-state index is 10.9.